The minimum absolute atomic E-state index is 0.159. The van der Waals surface area contributed by atoms with Crippen LogP contribution in [-0.4, -0.2) is 23.5 Å². The summed E-state index contributed by atoms with van der Waals surface area (Å²) in [4.78, 5) is 15.2. The van der Waals surface area contributed by atoms with Crippen molar-refractivity contribution in [3.8, 4) is 16.9 Å². The van der Waals surface area contributed by atoms with Gasteiger partial charge < -0.3 is 16.2 Å². The maximum Gasteiger partial charge on any atom is 0.250 e. The molecule has 1 aromatic carbocycles. The smallest absolute Gasteiger partial charge is 0.250 e. The van der Waals surface area contributed by atoms with E-state index in [0.29, 0.717) is 29.8 Å². The average molecular weight is 287 g/mol. The number of fused-ring (bicyclic) bond motifs is 1. The molecule has 0 saturated carbocycles. The second-order valence-corrected chi connectivity index (χ2v) is 4.95. The van der Waals surface area contributed by atoms with Crippen molar-refractivity contribution in [1.82, 2.24) is 4.98 Å². The summed E-state index contributed by atoms with van der Waals surface area (Å²) in [6.07, 6.45) is 3.32. The number of pyridine rings is 1. The number of primary amides is 1. The van der Waals surface area contributed by atoms with Gasteiger partial charge in [0.05, 0.1) is 5.56 Å². The number of nitrogens with zero attached hydrogens (tertiary/aromatic N) is 1. The molecule has 0 fully saturated rings. The molecule has 1 aliphatic heterocycles. The van der Waals surface area contributed by atoms with E-state index in [4.69, 9.17) is 16.2 Å². The Labute approximate surface area is 120 Å². The van der Waals surface area contributed by atoms with Crippen LogP contribution in [0.15, 0.2) is 30.6 Å². The Bertz CT molecular complexity index is 718. The van der Waals surface area contributed by atoms with Crippen LogP contribution in [0, 0.1) is 5.82 Å². The van der Waals surface area contributed by atoms with Crippen LogP contribution in [0.25, 0.3) is 11.1 Å². The summed E-state index contributed by atoms with van der Waals surface area (Å²) < 4.78 is 19.6. The first kappa shape index (κ1) is 13.5. The summed E-state index contributed by atoms with van der Waals surface area (Å²) in [5, 5.41) is 0. The summed E-state index contributed by atoms with van der Waals surface area (Å²) in [7, 11) is 0. The van der Waals surface area contributed by atoms with Crippen LogP contribution in [0.3, 0.4) is 0 Å². The lowest BCUT2D eigenvalue weighted by Crippen LogP contribution is -2.24. The molecule has 0 bridgehead atoms. The normalized spacial score (nSPS) is 16.4. The van der Waals surface area contributed by atoms with Gasteiger partial charge in [-0.1, -0.05) is 0 Å². The topological polar surface area (TPSA) is 91.2 Å². The number of carbonyl (C=O) groups excluding carboxylic acids is 1. The average Bonchev–Trinajstić information content (AvgIpc) is 2.89. The lowest BCUT2D eigenvalue weighted by molar-refractivity contribution is 0.1000. The minimum atomic E-state index is -0.585. The monoisotopic (exact) mass is 287 g/mol. The van der Waals surface area contributed by atoms with Crippen molar-refractivity contribution >= 4 is 5.91 Å². The van der Waals surface area contributed by atoms with Gasteiger partial charge in [-0.25, -0.2) is 4.39 Å². The molecule has 1 amide bonds. The highest BCUT2D eigenvalue weighted by Gasteiger charge is 2.26. The van der Waals surface area contributed by atoms with Gasteiger partial charge in [-0.3, -0.25) is 9.78 Å². The van der Waals surface area contributed by atoms with Crippen LogP contribution < -0.4 is 16.2 Å². The molecule has 0 saturated heterocycles. The van der Waals surface area contributed by atoms with Gasteiger partial charge in [0.15, 0.2) is 0 Å². The number of halogens is 1. The number of amides is 1. The van der Waals surface area contributed by atoms with E-state index in [1.54, 1.807) is 12.3 Å². The van der Waals surface area contributed by atoms with E-state index in [1.807, 2.05) is 0 Å². The van der Waals surface area contributed by atoms with Crippen molar-refractivity contribution in [3.05, 3.63) is 47.5 Å². The minimum Gasteiger partial charge on any atom is -0.488 e. The van der Waals surface area contributed by atoms with E-state index >= 15 is 0 Å². The summed E-state index contributed by atoms with van der Waals surface area (Å²) >= 11 is 0. The molecule has 6 heteroatoms. The molecule has 5 nitrogen and oxygen atoms in total. The molecule has 21 heavy (non-hydrogen) atoms. The summed E-state index contributed by atoms with van der Waals surface area (Å²) in [6.45, 7) is 0.356. The van der Waals surface area contributed by atoms with E-state index in [0.717, 1.165) is 5.56 Å². The van der Waals surface area contributed by atoms with E-state index in [1.165, 1.54) is 18.3 Å². The number of hydrogen-bond acceptors (Lipinski definition) is 4. The van der Waals surface area contributed by atoms with Crippen molar-refractivity contribution < 1.29 is 13.9 Å². The van der Waals surface area contributed by atoms with E-state index in [9.17, 15) is 9.18 Å². The molecular weight excluding hydrogens is 273 g/mol. The number of ether oxygens (including phenoxy) is 1. The number of aromatic nitrogens is 1. The van der Waals surface area contributed by atoms with Crippen molar-refractivity contribution in [2.45, 2.75) is 12.5 Å². The Morgan fingerprint density at radius 2 is 2.19 bits per heavy atom. The number of nitrogens with two attached hydrogens (primary N) is 2. The summed E-state index contributed by atoms with van der Waals surface area (Å²) in [6, 6.07) is 4.38. The maximum atomic E-state index is 13.8. The molecule has 4 N–H and O–H groups in total. The van der Waals surface area contributed by atoms with Gasteiger partial charge in [-0.05, 0) is 18.2 Å². The molecule has 1 aromatic heterocycles. The van der Waals surface area contributed by atoms with Crippen LogP contribution in [-0.2, 0) is 6.42 Å². The Balaban J connectivity index is 2.12. The quantitative estimate of drug-likeness (QED) is 0.888. The van der Waals surface area contributed by atoms with Gasteiger partial charge in [0.1, 0.15) is 17.7 Å². The molecule has 2 heterocycles. The Morgan fingerprint density at radius 1 is 1.38 bits per heavy atom. The van der Waals surface area contributed by atoms with Crippen LogP contribution in [0.4, 0.5) is 4.39 Å². The zero-order valence-corrected chi connectivity index (χ0v) is 11.2. The van der Waals surface area contributed by atoms with Gasteiger partial charge >= 0.3 is 0 Å². The fourth-order valence-corrected chi connectivity index (χ4v) is 2.46. The van der Waals surface area contributed by atoms with E-state index < -0.39 is 5.91 Å². The molecule has 1 aliphatic rings. The number of benzene rings is 1. The Hall–Kier alpha value is -2.47. The molecule has 0 aliphatic carbocycles. The van der Waals surface area contributed by atoms with Gasteiger partial charge in [-0.15, -0.1) is 0 Å². The van der Waals surface area contributed by atoms with Crippen LogP contribution >= 0.6 is 0 Å². The summed E-state index contributed by atoms with van der Waals surface area (Å²) in [5.41, 5.74) is 13.0. The molecule has 0 spiro atoms. The molecule has 0 radical (unpaired) electrons. The Kier molecular flexibility index (Phi) is 3.31. The maximum absolute atomic E-state index is 13.8. The fraction of sp³-hybridized carbons (Fsp3) is 0.200. The number of rotatable bonds is 3. The van der Waals surface area contributed by atoms with Gasteiger partial charge in [-0.2, -0.15) is 0 Å². The zero-order valence-electron chi connectivity index (χ0n) is 11.2. The number of carbonyl (C=O) groups is 1. The predicted molar refractivity (Wildman–Crippen MR) is 75.3 cm³/mol. The first-order chi connectivity index (χ1) is 10.1. The molecule has 108 valence electrons. The lowest BCUT2D eigenvalue weighted by atomic mass is 10.0. The molecule has 1 unspecified atom stereocenters. The van der Waals surface area contributed by atoms with Crippen LogP contribution in [0.5, 0.6) is 5.75 Å². The third-order valence-electron chi connectivity index (χ3n) is 3.46. The molecule has 2 aromatic rings. The highest BCUT2D eigenvalue weighted by atomic mass is 19.1. The van der Waals surface area contributed by atoms with Crippen LogP contribution in [0.1, 0.15) is 15.9 Å². The predicted octanol–water partition coefficient (Wildman–Crippen LogP) is 1.25. The number of hydrogen-bond donors (Lipinski definition) is 2. The van der Waals surface area contributed by atoms with E-state index in [-0.39, 0.29) is 17.5 Å². The highest BCUT2D eigenvalue weighted by molar-refractivity contribution is 5.94. The second kappa shape index (κ2) is 5.14. The van der Waals surface area contributed by atoms with Crippen molar-refractivity contribution in [3.63, 3.8) is 0 Å². The molecular formula is C15H14FN3O2. The van der Waals surface area contributed by atoms with Crippen LogP contribution in [0.2, 0.25) is 0 Å². The van der Waals surface area contributed by atoms with Gasteiger partial charge in [0.25, 0.3) is 0 Å². The largest absolute Gasteiger partial charge is 0.488 e. The first-order valence-electron chi connectivity index (χ1n) is 6.53. The summed E-state index contributed by atoms with van der Waals surface area (Å²) in [5.74, 6) is -0.358. The highest BCUT2D eigenvalue weighted by Crippen LogP contribution is 2.39. The second-order valence-electron chi connectivity index (χ2n) is 4.95. The molecule has 3 rings (SSSR count). The fourth-order valence-electron chi connectivity index (χ4n) is 2.46. The zero-order chi connectivity index (χ0) is 15.0. The van der Waals surface area contributed by atoms with Gasteiger partial charge in [0.2, 0.25) is 5.91 Å². The van der Waals surface area contributed by atoms with Crippen molar-refractivity contribution in [2.75, 3.05) is 6.54 Å². The van der Waals surface area contributed by atoms with Crippen molar-refractivity contribution in [2.24, 2.45) is 11.5 Å². The van der Waals surface area contributed by atoms with Gasteiger partial charge in [0, 0.05) is 42.0 Å². The lowest BCUT2D eigenvalue weighted by Gasteiger charge is -2.11. The first-order valence-corrected chi connectivity index (χ1v) is 6.53. The standard InChI is InChI=1S/C15H14FN3O2/c16-11-2-8-3-12(5-17)21-14(8)13(4-11)9-1-10(15(18)20)7-19-6-9/h1-2,4,6-7,12H,3,5,17H2,(H2,18,20). The van der Waals surface area contributed by atoms with E-state index in [2.05, 4.69) is 4.98 Å². The Morgan fingerprint density at radius 3 is 2.90 bits per heavy atom. The third-order valence-corrected chi connectivity index (χ3v) is 3.46. The SMILES string of the molecule is NCC1Cc2cc(F)cc(-c3cncc(C(N)=O)c3)c2O1. The van der Waals surface area contributed by atoms with Crippen molar-refractivity contribution in [1.29, 1.82) is 0 Å². The third kappa shape index (κ3) is 2.45. The molecule has 1 atom stereocenters.